The molecule has 24 heavy (non-hydrogen) atoms. The quantitative estimate of drug-likeness (QED) is 0.841. The van der Waals surface area contributed by atoms with Gasteiger partial charge in [-0.25, -0.2) is 8.42 Å². The molecule has 1 N–H and O–H groups in total. The fraction of sp³-hybridized carbons (Fsp3) is 0.529. The van der Waals surface area contributed by atoms with Crippen LogP contribution in [-0.4, -0.2) is 49.1 Å². The van der Waals surface area contributed by atoms with Gasteiger partial charge >= 0.3 is 5.97 Å². The van der Waals surface area contributed by atoms with Crippen molar-refractivity contribution in [1.29, 1.82) is 0 Å². The van der Waals surface area contributed by atoms with Gasteiger partial charge in [0.2, 0.25) is 5.91 Å². The van der Waals surface area contributed by atoms with Crippen molar-refractivity contribution in [2.24, 2.45) is 5.92 Å². The van der Waals surface area contributed by atoms with E-state index in [1.165, 1.54) is 0 Å². The van der Waals surface area contributed by atoms with E-state index in [0.717, 1.165) is 5.56 Å². The molecule has 0 spiro atoms. The topological polar surface area (TPSA) is 91.8 Å². The van der Waals surface area contributed by atoms with Crippen molar-refractivity contribution in [3.05, 3.63) is 29.8 Å². The molecule has 0 aliphatic carbocycles. The molecular weight excluding hydrogens is 330 g/mol. The van der Waals surface area contributed by atoms with Crippen LogP contribution in [0.25, 0.3) is 0 Å². The fourth-order valence-electron chi connectivity index (χ4n) is 2.82. The number of amides is 1. The Morgan fingerprint density at radius 1 is 1.17 bits per heavy atom. The van der Waals surface area contributed by atoms with Crippen molar-refractivity contribution in [3.8, 4) is 0 Å². The number of piperidine rings is 1. The Hall–Kier alpha value is -1.89. The summed E-state index contributed by atoms with van der Waals surface area (Å²) in [5.41, 5.74) is 0.916. The molecule has 0 bridgehead atoms. The molecule has 1 aliphatic heterocycles. The van der Waals surface area contributed by atoms with Gasteiger partial charge in [-0.3, -0.25) is 9.59 Å². The van der Waals surface area contributed by atoms with Crippen LogP contribution in [0, 0.1) is 5.92 Å². The molecule has 0 atom stereocenters. The van der Waals surface area contributed by atoms with Crippen molar-refractivity contribution in [3.63, 3.8) is 0 Å². The molecule has 132 valence electrons. The Morgan fingerprint density at radius 2 is 1.75 bits per heavy atom. The van der Waals surface area contributed by atoms with Gasteiger partial charge in [-0.15, -0.1) is 0 Å². The minimum absolute atomic E-state index is 0.0177. The van der Waals surface area contributed by atoms with E-state index in [2.05, 4.69) is 0 Å². The van der Waals surface area contributed by atoms with Crippen LogP contribution in [0.2, 0.25) is 0 Å². The Labute approximate surface area is 142 Å². The van der Waals surface area contributed by atoms with Gasteiger partial charge in [0.1, 0.15) is 0 Å². The number of benzene rings is 1. The molecule has 0 radical (unpaired) electrons. The monoisotopic (exact) mass is 353 g/mol. The number of carboxylic acid groups (broad SMARTS) is 1. The summed E-state index contributed by atoms with van der Waals surface area (Å²) in [6.07, 6.45) is 1.90. The predicted molar refractivity (Wildman–Crippen MR) is 89.4 cm³/mol. The normalized spacial score (nSPS) is 16.1. The molecule has 7 heteroatoms. The average molecular weight is 353 g/mol. The van der Waals surface area contributed by atoms with Crippen LogP contribution < -0.4 is 0 Å². The molecule has 1 saturated heterocycles. The van der Waals surface area contributed by atoms with Crippen LogP contribution in [-0.2, 0) is 25.8 Å². The highest BCUT2D eigenvalue weighted by atomic mass is 32.2. The molecule has 1 aliphatic rings. The SMILES string of the molecule is CCS(=O)(=O)c1ccc(CCC(=O)N2CCC(C(=O)O)CC2)cc1. The van der Waals surface area contributed by atoms with Crippen molar-refractivity contribution in [2.75, 3.05) is 18.8 Å². The lowest BCUT2D eigenvalue weighted by Gasteiger charge is -2.30. The Kier molecular flexibility index (Phi) is 5.99. The van der Waals surface area contributed by atoms with Crippen LogP contribution in [0.3, 0.4) is 0 Å². The number of sulfone groups is 1. The summed E-state index contributed by atoms with van der Waals surface area (Å²) in [7, 11) is -3.20. The highest BCUT2D eigenvalue weighted by Crippen LogP contribution is 2.19. The minimum Gasteiger partial charge on any atom is -0.481 e. The van der Waals surface area contributed by atoms with Crippen LogP contribution in [0.4, 0.5) is 0 Å². The second kappa shape index (κ2) is 7.79. The summed E-state index contributed by atoms with van der Waals surface area (Å²) >= 11 is 0. The lowest BCUT2D eigenvalue weighted by Crippen LogP contribution is -2.40. The van der Waals surface area contributed by atoms with Gasteiger partial charge in [0.15, 0.2) is 9.84 Å². The molecule has 1 aromatic rings. The number of carboxylic acids is 1. The number of aliphatic carboxylic acids is 1. The zero-order valence-corrected chi connectivity index (χ0v) is 14.6. The second-order valence-electron chi connectivity index (χ2n) is 6.04. The van der Waals surface area contributed by atoms with Crippen LogP contribution in [0.15, 0.2) is 29.2 Å². The highest BCUT2D eigenvalue weighted by molar-refractivity contribution is 7.91. The van der Waals surface area contributed by atoms with E-state index in [0.29, 0.717) is 43.7 Å². The van der Waals surface area contributed by atoms with Crippen LogP contribution in [0.1, 0.15) is 31.7 Å². The van der Waals surface area contributed by atoms with E-state index in [4.69, 9.17) is 5.11 Å². The van der Waals surface area contributed by atoms with Gasteiger partial charge in [-0.2, -0.15) is 0 Å². The van der Waals surface area contributed by atoms with E-state index in [9.17, 15) is 18.0 Å². The highest BCUT2D eigenvalue weighted by Gasteiger charge is 2.26. The molecule has 1 fully saturated rings. The Bertz CT molecular complexity index is 688. The van der Waals surface area contributed by atoms with Gasteiger partial charge in [0, 0.05) is 19.5 Å². The van der Waals surface area contributed by atoms with Crippen LogP contribution >= 0.6 is 0 Å². The van der Waals surface area contributed by atoms with Crippen molar-refractivity contribution < 1.29 is 23.1 Å². The first kappa shape index (κ1) is 18.4. The molecule has 0 aromatic heterocycles. The number of hydrogen-bond donors (Lipinski definition) is 1. The van der Waals surface area contributed by atoms with E-state index in [1.54, 1.807) is 36.1 Å². The third-order valence-electron chi connectivity index (χ3n) is 4.49. The summed E-state index contributed by atoms with van der Waals surface area (Å²) in [5.74, 6) is -1.05. The molecule has 2 rings (SSSR count). The molecule has 1 heterocycles. The second-order valence-corrected chi connectivity index (χ2v) is 8.32. The van der Waals surface area contributed by atoms with E-state index in [1.807, 2.05) is 0 Å². The van der Waals surface area contributed by atoms with Crippen molar-refractivity contribution >= 4 is 21.7 Å². The van der Waals surface area contributed by atoms with Crippen LogP contribution in [0.5, 0.6) is 0 Å². The Balaban J connectivity index is 1.85. The standard InChI is InChI=1S/C17H23NO5S/c1-2-24(22,23)15-6-3-13(4-7-15)5-8-16(19)18-11-9-14(10-12-18)17(20)21/h3-4,6-7,14H,2,5,8-12H2,1H3,(H,20,21). The molecule has 1 amide bonds. The fourth-order valence-corrected chi connectivity index (χ4v) is 3.70. The van der Waals surface area contributed by atoms with E-state index in [-0.39, 0.29) is 17.6 Å². The van der Waals surface area contributed by atoms with E-state index < -0.39 is 15.8 Å². The maximum absolute atomic E-state index is 12.2. The first-order valence-corrected chi connectivity index (χ1v) is 9.81. The molecule has 1 aromatic carbocycles. The summed E-state index contributed by atoms with van der Waals surface area (Å²) in [5, 5.41) is 8.97. The minimum atomic E-state index is -3.20. The molecule has 0 unspecified atom stereocenters. The first-order valence-electron chi connectivity index (χ1n) is 8.15. The summed E-state index contributed by atoms with van der Waals surface area (Å²) in [6, 6.07) is 6.65. The molecule has 0 saturated carbocycles. The third kappa shape index (κ3) is 4.56. The number of carbonyl (C=O) groups is 2. The zero-order chi connectivity index (χ0) is 17.7. The summed E-state index contributed by atoms with van der Waals surface area (Å²) in [4.78, 5) is 25.1. The number of hydrogen-bond acceptors (Lipinski definition) is 4. The van der Waals surface area contributed by atoms with Crippen molar-refractivity contribution in [1.82, 2.24) is 4.90 Å². The number of rotatable bonds is 6. The van der Waals surface area contributed by atoms with Gasteiger partial charge in [-0.1, -0.05) is 19.1 Å². The molecular formula is C17H23NO5S. The van der Waals surface area contributed by atoms with Gasteiger partial charge in [0.05, 0.1) is 16.6 Å². The number of nitrogens with zero attached hydrogens (tertiary/aromatic N) is 1. The van der Waals surface area contributed by atoms with Gasteiger partial charge < -0.3 is 10.0 Å². The van der Waals surface area contributed by atoms with Crippen molar-refractivity contribution in [2.45, 2.75) is 37.5 Å². The zero-order valence-electron chi connectivity index (χ0n) is 13.8. The number of carbonyl (C=O) groups excluding carboxylic acids is 1. The predicted octanol–water partition coefficient (Wildman–Crippen LogP) is 1.74. The number of likely N-dealkylation sites (tertiary alicyclic amines) is 1. The largest absolute Gasteiger partial charge is 0.481 e. The average Bonchev–Trinajstić information content (AvgIpc) is 2.60. The molecule has 6 nitrogen and oxygen atoms in total. The van der Waals surface area contributed by atoms with E-state index >= 15 is 0 Å². The maximum Gasteiger partial charge on any atom is 0.306 e. The smallest absolute Gasteiger partial charge is 0.306 e. The van der Waals surface area contributed by atoms with Gasteiger partial charge in [0.25, 0.3) is 0 Å². The summed E-state index contributed by atoms with van der Waals surface area (Å²) in [6.45, 7) is 2.59. The third-order valence-corrected chi connectivity index (χ3v) is 6.24. The first-order chi connectivity index (χ1) is 11.3. The summed E-state index contributed by atoms with van der Waals surface area (Å²) < 4.78 is 23.5. The lowest BCUT2D eigenvalue weighted by atomic mass is 9.96. The number of aryl methyl sites for hydroxylation is 1. The van der Waals surface area contributed by atoms with Gasteiger partial charge in [-0.05, 0) is 37.0 Å². The Morgan fingerprint density at radius 3 is 2.25 bits per heavy atom. The maximum atomic E-state index is 12.2. The lowest BCUT2D eigenvalue weighted by molar-refractivity contribution is -0.145.